The van der Waals surface area contributed by atoms with Gasteiger partial charge in [0, 0.05) is 30.4 Å². The lowest BCUT2D eigenvalue weighted by molar-refractivity contribution is 0.0707. The molecule has 0 aliphatic carbocycles. The van der Waals surface area contributed by atoms with Crippen LogP contribution in [0, 0.1) is 0 Å². The van der Waals surface area contributed by atoms with Gasteiger partial charge in [-0.3, -0.25) is 4.79 Å². The highest BCUT2D eigenvalue weighted by Gasteiger charge is 2.23. The molecule has 0 fully saturated rings. The Kier molecular flexibility index (Phi) is 3.02. The van der Waals surface area contributed by atoms with Crippen LogP contribution in [-0.2, 0) is 13.1 Å². The fourth-order valence-corrected chi connectivity index (χ4v) is 2.29. The largest absolute Gasteiger partial charge is 0.497 e. The molecule has 2 heterocycles. The lowest BCUT2D eigenvalue weighted by atomic mass is 10.1. The molecule has 20 heavy (non-hydrogen) atoms. The average Bonchev–Trinajstić information content (AvgIpc) is 2.93. The number of nitrogen functional groups attached to an aromatic ring is 1. The van der Waals surface area contributed by atoms with E-state index < -0.39 is 0 Å². The van der Waals surface area contributed by atoms with Crippen LogP contribution < -0.4 is 10.5 Å². The zero-order chi connectivity index (χ0) is 14.1. The van der Waals surface area contributed by atoms with Gasteiger partial charge >= 0.3 is 0 Å². The number of hydrogen-bond acceptors (Lipinski definition) is 5. The molecule has 0 bridgehead atoms. The van der Waals surface area contributed by atoms with E-state index in [0.717, 1.165) is 5.82 Å². The Labute approximate surface area is 116 Å². The van der Waals surface area contributed by atoms with Crippen LogP contribution in [-0.4, -0.2) is 39.2 Å². The number of fused-ring (bicyclic) bond motifs is 1. The highest BCUT2D eigenvalue weighted by atomic mass is 16.5. The van der Waals surface area contributed by atoms with Crippen molar-refractivity contribution in [3.05, 3.63) is 35.9 Å². The predicted molar refractivity (Wildman–Crippen MR) is 72.2 cm³/mol. The predicted octanol–water partition coefficient (Wildman–Crippen LogP) is 0.525. The zero-order valence-corrected chi connectivity index (χ0v) is 11.1. The second kappa shape index (κ2) is 4.84. The summed E-state index contributed by atoms with van der Waals surface area (Å²) in [6.45, 7) is 1.78. The fraction of sp³-hybridized carbons (Fsp3) is 0.308. The summed E-state index contributed by atoms with van der Waals surface area (Å²) in [6, 6.07) is 5.03. The van der Waals surface area contributed by atoms with Crippen LogP contribution in [0.5, 0.6) is 5.75 Å². The van der Waals surface area contributed by atoms with E-state index in [1.807, 2.05) is 4.57 Å². The summed E-state index contributed by atoms with van der Waals surface area (Å²) in [5, 5.41) is 7.85. The van der Waals surface area contributed by atoms with Crippen LogP contribution >= 0.6 is 0 Å². The van der Waals surface area contributed by atoms with Crippen LogP contribution in [0.4, 0.5) is 5.69 Å². The number of hydrogen-bond donors (Lipinski definition) is 1. The fourth-order valence-electron chi connectivity index (χ4n) is 2.29. The van der Waals surface area contributed by atoms with Gasteiger partial charge in [0.1, 0.15) is 12.1 Å². The van der Waals surface area contributed by atoms with Crippen molar-refractivity contribution in [1.82, 2.24) is 19.7 Å². The monoisotopic (exact) mass is 273 g/mol. The van der Waals surface area contributed by atoms with E-state index >= 15 is 0 Å². The number of amides is 1. The molecule has 2 aromatic rings. The Morgan fingerprint density at radius 2 is 2.20 bits per heavy atom. The van der Waals surface area contributed by atoms with Crippen molar-refractivity contribution in [2.24, 2.45) is 0 Å². The molecule has 1 aliphatic rings. The summed E-state index contributed by atoms with van der Waals surface area (Å²) < 4.78 is 7.09. The highest BCUT2D eigenvalue weighted by Crippen LogP contribution is 2.21. The van der Waals surface area contributed by atoms with Crippen molar-refractivity contribution in [3.8, 4) is 5.75 Å². The van der Waals surface area contributed by atoms with Gasteiger partial charge in [0.2, 0.25) is 0 Å². The molecule has 2 N–H and O–H groups in total. The molecule has 7 heteroatoms. The van der Waals surface area contributed by atoms with Gasteiger partial charge in [-0.25, -0.2) is 0 Å². The van der Waals surface area contributed by atoms with Crippen molar-refractivity contribution >= 4 is 11.6 Å². The van der Waals surface area contributed by atoms with Crippen LogP contribution in [0.3, 0.4) is 0 Å². The first kappa shape index (κ1) is 12.5. The molecule has 0 saturated heterocycles. The van der Waals surface area contributed by atoms with Crippen LogP contribution in [0.25, 0.3) is 0 Å². The number of benzene rings is 1. The maximum Gasteiger partial charge on any atom is 0.254 e. The quantitative estimate of drug-likeness (QED) is 0.806. The SMILES string of the molecule is COc1cc(N)cc(C(=O)N2CCn3cnnc3C2)c1. The van der Waals surface area contributed by atoms with E-state index in [1.165, 1.54) is 0 Å². The standard InChI is InChI=1S/C13H15N5O2/c1-20-11-5-9(4-10(14)6-11)13(19)17-2-3-18-8-15-16-12(18)7-17/h4-6,8H,2-3,7,14H2,1H3. The Morgan fingerprint density at radius 1 is 1.35 bits per heavy atom. The van der Waals surface area contributed by atoms with Crippen LogP contribution in [0.1, 0.15) is 16.2 Å². The summed E-state index contributed by atoms with van der Waals surface area (Å²) in [7, 11) is 1.55. The first-order valence-electron chi connectivity index (χ1n) is 6.28. The lowest BCUT2D eigenvalue weighted by Crippen LogP contribution is -2.38. The van der Waals surface area contributed by atoms with Crippen molar-refractivity contribution in [1.29, 1.82) is 0 Å². The number of methoxy groups -OCH3 is 1. The van der Waals surface area contributed by atoms with Gasteiger partial charge < -0.3 is 19.9 Å². The van der Waals surface area contributed by atoms with Crippen LogP contribution in [0.2, 0.25) is 0 Å². The average molecular weight is 273 g/mol. The maximum atomic E-state index is 12.5. The van der Waals surface area contributed by atoms with E-state index in [9.17, 15) is 4.79 Å². The van der Waals surface area contributed by atoms with Crippen molar-refractivity contribution < 1.29 is 9.53 Å². The van der Waals surface area contributed by atoms with E-state index in [4.69, 9.17) is 10.5 Å². The van der Waals surface area contributed by atoms with Gasteiger partial charge in [0.05, 0.1) is 13.7 Å². The third kappa shape index (κ3) is 2.18. The van der Waals surface area contributed by atoms with E-state index in [0.29, 0.717) is 36.6 Å². The molecule has 0 saturated carbocycles. The summed E-state index contributed by atoms with van der Waals surface area (Å²) >= 11 is 0. The molecule has 0 atom stereocenters. The number of aromatic nitrogens is 3. The summed E-state index contributed by atoms with van der Waals surface area (Å²) in [4.78, 5) is 14.2. The maximum absolute atomic E-state index is 12.5. The topological polar surface area (TPSA) is 86.3 Å². The number of nitrogens with zero attached hydrogens (tertiary/aromatic N) is 4. The second-order valence-electron chi connectivity index (χ2n) is 4.66. The molecular weight excluding hydrogens is 258 g/mol. The normalized spacial score (nSPS) is 13.9. The number of nitrogens with two attached hydrogens (primary N) is 1. The number of carbonyl (C=O) groups excluding carboxylic acids is 1. The molecule has 0 unspecified atom stereocenters. The second-order valence-corrected chi connectivity index (χ2v) is 4.66. The Morgan fingerprint density at radius 3 is 3.00 bits per heavy atom. The molecule has 1 aliphatic heterocycles. The van der Waals surface area contributed by atoms with Crippen molar-refractivity contribution in [2.45, 2.75) is 13.1 Å². The van der Waals surface area contributed by atoms with Gasteiger partial charge in [0.25, 0.3) is 5.91 Å². The van der Waals surface area contributed by atoms with Gasteiger partial charge in [-0.2, -0.15) is 0 Å². The number of anilines is 1. The van der Waals surface area contributed by atoms with Gasteiger partial charge in [-0.15, -0.1) is 10.2 Å². The number of ether oxygens (including phenoxy) is 1. The van der Waals surface area contributed by atoms with Crippen molar-refractivity contribution in [3.63, 3.8) is 0 Å². The molecule has 1 amide bonds. The minimum absolute atomic E-state index is 0.0788. The minimum atomic E-state index is -0.0788. The first-order valence-corrected chi connectivity index (χ1v) is 6.28. The molecule has 1 aromatic carbocycles. The Hall–Kier alpha value is -2.57. The third-order valence-corrected chi connectivity index (χ3v) is 3.34. The Balaban J connectivity index is 1.85. The van der Waals surface area contributed by atoms with E-state index in [1.54, 1.807) is 36.5 Å². The van der Waals surface area contributed by atoms with Gasteiger partial charge in [-0.1, -0.05) is 0 Å². The van der Waals surface area contributed by atoms with Crippen LogP contribution in [0.15, 0.2) is 24.5 Å². The molecule has 7 nitrogen and oxygen atoms in total. The van der Waals surface area contributed by atoms with Gasteiger partial charge in [-0.05, 0) is 12.1 Å². The summed E-state index contributed by atoms with van der Waals surface area (Å²) in [5.41, 5.74) is 6.82. The molecule has 0 radical (unpaired) electrons. The summed E-state index contributed by atoms with van der Waals surface area (Å²) in [5.74, 6) is 1.29. The number of rotatable bonds is 2. The first-order chi connectivity index (χ1) is 9.67. The third-order valence-electron chi connectivity index (χ3n) is 3.34. The van der Waals surface area contributed by atoms with E-state index in [-0.39, 0.29) is 5.91 Å². The zero-order valence-electron chi connectivity index (χ0n) is 11.1. The van der Waals surface area contributed by atoms with Gasteiger partial charge in [0.15, 0.2) is 5.82 Å². The lowest BCUT2D eigenvalue weighted by Gasteiger charge is -2.27. The van der Waals surface area contributed by atoms with Crippen molar-refractivity contribution in [2.75, 3.05) is 19.4 Å². The smallest absolute Gasteiger partial charge is 0.254 e. The molecule has 1 aromatic heterocycles. The molecular formula is C13H15N5O2. The Bertz CT molecular complexity index is 652. The highest BCUT2D eigenvalue weighted by molar-refractivity contribution is 5.95. The number of carbonyl (C=O) groups is 1. The summed E-state index contributed by atoms with van der Waals surface area (Å²) in [6.07, 6.45) is 1.68. The molecule has 0 spiro atoms. The minimum Gasteiger partial charge on any atom is -0.497 e. The molecule has 3 rings (SSSR count). The van der Waals surface area contributed by atoms with E-state index in [2.05, 4.69) is 10.2 Å². The molecule has 104 valence electrons.